The van der Waals surface area contributed by atoms with Gasteiger partial charge in [0.2, 0.25) is 0 Å². The van der Waals surface area contributed by atoms with Gasteiger partial charge < -0.3 is 4.74 Å². The molecule has 0 spiro atoms. The molecule has 1 saturated heterocycles. The van der Waals surface area contributed by atoms with Crippen LogP contribution in [0.3, 0.4) is 0 Å². The van der Waals surface area contributed by atoms with E-state index in [0.29, 0.717) is 12.3 Å². The average Bonchev–Trinajstić information content (AvgIpc) is 2.86. The lowest BCUT2D eigenvalue weighted by molar-refractivity contribution is -0.182. The van der Waals surface area contributed by atoms with Crippen molar-refractivity contribution in [3.63, 3.8) is 0 Å². The van der Waals surface area contributed by atoms with Gasteiger partial charge in [0, 0.05) is 5.41 Å². The van der Waals surface area contributed by atoms with Crippen molar-refractivity contribution in [1.82, 2.24) is 0 Å². The van der Waals surface area contributed by atoms with Gasteiger partial charge in [-0.15, -0.1) is 19.7 Å². The summed E-state index contributed by atoms with van der Waals surface area (Å²) in [4.78, 5) is 13.9. The van der Waals surface area contributed by atoms with E-state index in [9.17, 15) is 4.79 Å². The lowest BCUT2D eigenvalue weighted by atomic mass is 9.40. The van der Waals surface area contributed by atoms with Crippen molar-refractivity contribution in [2.75, 3.05) is 0 Å². The summed E-state index contributed by atoms with van der Waals surface area (Å²) in [5.74, 6) is 0.686. The van der Waals surface area contributed by atoms with E-state index in [2.05, 4.69) is 53.5 Å². The van der Waals surface area contributed by atoms with Gasteiger partial charge in [-0.25, -0.2) is 0 Å². The summed E-state index contributed by atoms with van der Waals surface area (Å²) in [6.07, 6.45) is 12.2. The lowest BCUT2D eigenvalue weighted by Gasteiger charge is -2.62. The minimum Gasteiger partial charge on any atom is -0.370 e. The van der Waals surface area contributed by atoms with Gasteiger partial charge in [0.1, 0.15) is 0 Å². The first-order valence-electron chi connectivity index (χ1n) is 9.87. The maximum Gasteiger partial charge on any atom is 0.168 e. The molecule has 142 valence electrons. The number of carbonyl (C=O) groups is 1. The van der Waals surface area contributed by atoms with Crippen molar-refractivity contribution in [2.45, 2.75) is 71.5 Å². The third-order valence-corrected chi connectivity index (χ3v) is 7.41. The summed E-state index contributed by atoms with van der Waals surface area (Å²) in [6.45, 7) is 20.7. The fourth-order valence-corrected chi connectivity index (χ4v) is 6.31. The highest BCUT2D eigenvalue weighted by Gasteiger charge is 2.74. The van der Waals surface area contributed by atoms with Crippen LogP contribution in [0.15, 0.2) is 49.6 Å². The van der Waals surface area contributed by atoms with Crippen LogP contribution < -0.4 is 0 Å². The van der Waals surface area contributed by atoms with Gasteiger partial charge in [-0.3, -0.25) is 4.79 Å². The number of ketones is 1. The molecule has 2 aliphatic carbocycles. The monoisotopic (exact) mass is 354 g/mol. The zero-order chi connectivity index (χ0) is 19.4. The fourth-order valence-electron chi connectivity index (χ4n) is 6.31. The van der Waals surface area contributed by atoms with E-state index in [-0.39, 0.29) is 28.3 Å². The van der Waals surface area contributed by atoms with Crippen molar-refractivity contribution in [3.05, 3.63) is 49.6 Å². The Kier molecular flexibility index (Phi) is 4.51. The summed E-state index contributed by atoms with van der Waals surface area (Å²) in [7, 11) is 0. The molecule has 2 heteroatoms. The number of Topliss-reactive ketones (excluding diaryl/α,β-unsaturated/α-hetero) is 1. The first-order valence-corrected chi connectivity index (χ1v) is 9.87. The average molecular weight is 355 g/mol. The molecule has 0 aromatic rings. The number of hydrogen-bond acceptors (Lipinski definition) is 2. The predicted molar refractivity (Wildman–Crippen MR) is 108 cm³/mol. The van der Waals surface area contributed by atoms with Gasteiger partial charge in [0.25, 0.3) is 0 Å². The molecule has 2 fully saturated rings. The molecule has 0 aromatic heterocycles. The highest BCUT2D eigenvalue weighted by atomic mass is 16.5. The van der Waals surface area contributed by atoms with Crippen LogP contribution in [0, 0.1) is 22.2 Å². The fraction of sp³-hybridized carbons (Fsp3) is 0.625. The van der Waals surface area contributed by atoms with Crippen LogP contribution in [0.2, 0.25) is 0 Å². The quantitative estimate of drug-likeness (QED) is 0.563. The second kappa shape index (κ2) is 6.05. The zero-order valence-electron chi connectivity index (χ0n) is 16.9. The van der Waals surface area contributed by atoms with Crippen molar-refractivity contribution in [2.24, 2.45) is 22.2 Å². The summed E-state index contributed by atoms with van der Waals surface area (Å²) in [5, 5.41) is 0. The van der Waals surface area contributed by atoms with E-state index < -0.39 is 5.41 Å². The van der Waals surface area contributed by atoms with Gasteiger partial charge in [-0.2, -0.15) is 0 Å². The van der Waals surface area contributed by atoms with Gasteiger partial charge in [-0.1, -0.05) is 38.2 Å². The van der Waals surface area contributed by atoms with E-state index in [4.69, 9.17) is 4.74 Å². The Hall–Kier alpha value is -1.41. The first kappa shape index (κ1) is 19.4. The molecule has 3 aliphatic rings. The Bertz CT molecular complexity index is 680. The van der Waals surface area contributed by atoms with E-state index in [1.165, 1.54) is 0 Å². The molecule has 2 bridgehead atoms. The molecule has 0 unspecified atom stereocenters. The SMILES string of the molecule is C=CCC1=C[C@@]2(CC=C)C[C@H](CC=C)C(C)(C)[C@@]3(CC(C)(C)O[C@H]23)C1=O. The van der Waals surface area contributed by atoms with Gasteiger partial charge in [0.05, 0.1) is 17.1 Å². The van der Waals surface area contributed by atoms with Crippen molar-refractivity contribution in [1.29, 1.82) is 0 Å². The summed E-state index contributed by atoms with van der Waals surface area (Å²) >= 11 is 0. The molecule has 0 N–H and O–H groups in total. The molecule has 3 rings (SSSR count). The molecule has 1 aliphatic heterocycles. The molecular weight excluding hydrogens is 320 g/mol. The summed E-state index contributed by atoms with van der Waals surface area (Å²) < 4.78 is 6.66. The van der Waals surface area contributed by atoms with Crippen LogP contribution in [-0.2, 0) is 9.53 Å². The molecule has 1 saturated carbocycles. The highest BCUT2D eigenvalue weighted by Crippen LogP contribution is 2.71. The molecular formula is C24H34O2. The number of carbonyl (C=O) groups excluding carboxylic acids is 1. The summed E-state index contributed by atoms with van der Waals surface area (Å²) in [6, 6.07) is 0. The minimum absolute atomic E-state index is 0.0832. The molecule has 4 atom stereocenters. The second-order valence-electron chi connectivity index (χ2n) is 9.77. The van der Waals surface area contributed by atoms with E-state index in [1.807, 2.05) is 18.2 Å². The lowest BCUT2D eigenvalue weighted by Crippen LogP contribution is -2.65. The summed E-state index contributed by atoms with van der Waals surface area (Å²) in [5.41, 5.74) is -0.180. The van der Waals surface area contributed by atoms with Crippen molar-refractivity contribution >= 4 is 5.78 Å². The smallest absolute Gasteiger partial charge is 0.168 e. The molecule has 0 radical (unpaired) electrons. The Morgan fingerprint density at radius 3 is 2.42 bits per heavy atom. The molecule has 2 nitrogen and oxygen atoms in total. The molecule has 26 heavy (non-hydrogen) atoms. The van der Waals surface area contributed by atoms with Crippen molar-refractivity contribution in [3.8, 4) is 0 Å². The molecule has 0 aromatic carbocycles. The number of allylic oxidation sites excluding steroid dienone is 4. The highest BCUT2D eigenvalue weighted by molar-refractivity contribution is 6.03. The molecule has 0 amide bonds. The van der Waals surface area contributed by atoms with Crippen molar-refractivity contribution < 1.29 is 9.53 Å². The normalized spacial score (nSPS) is 39.7. The number of hydrogen-bond donors (Lipinski definition) is 0. The largest absolute Gasteiger partial charge is 0.370 e. The topological polar surface area (TPSA) is 26.3 Å². The Morgan fingerprint density at radius 1 is 1.15 bits per heavy atom. The van der Waals surface area contributed by atoms with Crippen LogP contribution in [0.1, 0.15) is 59.8 Å². The first-order chi connectivity index (χ1) is 12.1. The Balaban J connectivity index is 2.30. The van der Waals surface area contributed by atoms with Crippen LogP contribution in [-0.4, -0.2) is 17.5 Å². The minimum atomic E-state index is -0.488. The molecule has 1 heterocycles. The van der Waals surface area contributed by atoms with E-state index in [0.717, 1.165) is 31.3 Å². The third kappa shape index (κ3) is 2.37. The second-order valence-corrected chi connectivity index (χ2v) is 9.77. The van der Waals surface area contributed by atoms with E-state index >= 15 is 0 Å². The van der Waals surface area contributed by atoms with Crippen LogP contribution in [0.5, 0.6) is 0 Å². The van der Waals surface area contributed by atoms with Gasteiger partial charge in [-0.05, 0) is 62.9 Å². The van der Waals surface area contributed by atoms with Crippen LogP contribution in [0.25, 0.3) is 0 Å². The number of rotatable bonds is 6. The standard InChI is InChI=1S/C24H34O2/c1-8-11-17-14-23(13-10-3)15-18(12-9-2)22(6,7)24(19(17)25)16-21(4,5)26-20(23)24/h8-10,14,18,20H,1-3,11-13,15-16H2,4-7H3/t18-,20+,23-,24-/m0/s1. The van der Waals surface area contributed by atoms with E-state index in [1.54, 1.807) is 0 Å². The maximum atomic E-state index is 13.9. The third-order valence-electron chi connectivity index (χ3n) is 7.41. The van der Waals surface area contributed by atoms with Crippen LogP contribution >= 0.6 is 0 Å². The predicted octanol–water partition coefficient (Wildman–Crippen LogP) is 5.81. The Morgan fingerprint density at radius 2 is 1.85 bits per heavy atom. The Labute approximate surface area is 159 Å². The maximum absolute atomic E-state index is 13.9. The number of ether oxygens (including phenoxy) is 1. The zero-order valence-corrected chi connectivity index (χ0v) is 16.9. The van der Waals surface area contributed by atoms with Gasteiger partial charge >= 0.3 is 0 Å². The van der Waals surface area contributed by atoms with Gasteiger partial charge in [0.15, 0.2) is 5.78 Å². The van der Waals surface area contributed by atoms with Crippen LogP contribution in [0.4, 0.5) is 0 Å².